The molecule has 1 fully saturated rings. The van der Waals surface area contributed by atoms with E-state index in [-0.39, 0.29) is 6.04 Å². The number of nitrogens with zero attached hydrogens (tertiary/aromatic N) is 4. The number of tetrazole rings is 1. The SMILES string of the molecule is CCCNC(C)c1nnnn1CC1CCCS1. The molecule has 1 aliphatic heterocycles. The lowest BCUT2D eigenvalue weighted by Gasteiger charge is -2.14. The Balaban J connectivity index is 1.95. The second kappa shape index (κ2) is 6.35. The first kappa shape index (κ1) is 12.8. The van der Waals surface area contributed by atoms with Gasteiger partial charge in [0.1, 0.15) is 0 Å². The molecule has 2 atom stereocenters. The van der Waals surface area contributed by atoms with E-state index in [0.29, 0.717) is 5.25 Å². The maximum Gasteiger partial charge on any atom is 0.167 e. The van der Waals surface area contributed by atoms with Crippen molar-refractivity contribution >= 4 is 11.8 Å². The summed E-state index contributed by atoms with van der Waals surface area (Å²) in [5, 5.41) is 16.2. The quantitative estimate of drug-likeness (QED) is 0.837. The van der Waals surface area contributed by atoms with Crippen LogP contribution in [0.5, 0.6) is 0 Å². The number of nitrogens with one attached hydrogen (secondary N) is 1. The fourth-order valence-corrected chi connectivity index (χ4v) is 3.33. The van der Waals surface area contributed by atoms with Gasteiger partial charge in [-0.15, -0.1) is 5.10 Å². The average Bonchev–Trinajstić information content (AvgIpc) is 2.97. The van der Waals surface area contributed by atoms with Gasteiger partial charge in [-0.2, -0.15) is 11.8 Å². The van der Waals surface area contributed by atoms with Gasteiger partial charge in [-0.3, -0.25) is 0 Å². The molecule has 1 N–H and O–H groups in total. The van der Waals surface area contributed by atoms with Crippen LogP contribution in [0.15, 0.2) is 0 Å². The lowest BCUT2D eigenvalue weighted by molar-refractivity contribution is 0.478. The lowest BCUT2D eigenvalue weighted by atomic mass is 10.2. The second-order valence-corrected chi connectivity index (χ2v) is 5.94. The maximum absolute atomic E-state index is 4.14. The van der Waals surface area contributed by atoms with Crippen molar-refractivity contribution in [3.05, 3.63) is 5.82 Å². The van der Waals surface area contributed by atoms with Gasteiger partial charge in [0.15, 0.2) is 5.82 Å². The number of thioether (sulfide) groups is 1. The Bertz CT molecular complexity index is 334. The highest BCUT2D eigenvalue weighted by molar-refractivity contribution is 8.00. The van der Waals surface area contributed by atoms with Crippen LogP contribution in [0, 0.1) is 0 Å². The minimum atomic E-state index is 0.233. The Hall–Kier alpha value is -0.620. The van der Waals surface area contributed by atoms with Crippen LogP contribution in [0.1, 0.15) is 45.0 Å². The van der Waals surface area contributed by atoms with Gasteiger partial charge < -0.3 is 5.32 Å². The van der Waals surface area contributed by atoms with Crippen molar-refractivity contribution in [3.63, 3.8) is 0 Å². The highest BCUT2D eigenvalue weighted by Gasteiger charge is 2.20. The van der Waals surface area contributed by atoms with Crippen molar-refractivity contribution in [2.24, 2.45) is 0 Å². The first-order valence-corrected chi connectivity index (χ1v) is 7.47. The molecular formula is C11H21N5S. The van der Waals surface area contributed by atoms with Crippen LogP contribution in [0.4, 0.5) is 0 Å². The van der Waals surface area contributed by atoms with E-state index < -0.39 is 0 Å². The summed E-state index contributed by atoms with van der Waals surface area (Å²) >= 11 is 2.04. The zero-order valence-corrected chi connectivity index (χ0v) is 11.4. The van der Waals surface area contributed by atoms with Crippen molar-refractivity contribution in [1.82, 2.24) is 25.5 Å². The molecule has 0 aliphatic carbocycles. The molecule has 1 aromatic rings. The average molecular weight is 255 g/mol. The summed E-state index contributed by atoms with van der Waals surface area (Å²) in [6.45, 7) is 6.24. The zero-order valence-electron chi connectivity index (χ0n) is 10.6. The third-order valence-electron chi connectivity index (χ3n) is 3.05. The van der Waals surface area contributed by atoms with Gasteiger partial charge in [0.25, 0.3) is 0 Å². The molecule has 1 aliphatic rings. The number of hydrogen-bond acceptors (Lipinski definition) is 5. The Morgan fingerprint density at radius 2 is 2.47 bits per heavy atom. The number of hydrogen-bond donors (Lipinski definition) is 1. The third kappa shape index (κ3) is 3.42. The minimum Gasteiger partial charge on any atom is -0.307 e. The number of aromatic nitrogens is 4. The molecule has 5 nitrogen and oxygen atoms in total. The molecule has 1 saturated heterocycles. The highest BCUT2D eigenvalue weighted by atomic mass is 32.2. The molecule has 0 saturated carbocycles. The van der Waals surface area contributed by atoms with E-state index in [9.17, 15) is 0 Å². The fourth-order valence-electron chi connectivity index (χ4n) is 2.09. The van der Waals surface area contributed by atoms with E-state index in [1.54, 1.807) is 0 Å². The molecular weight excluding hydrogens is 234 g/mol. The number of rotatable bonds is 6. The smallest absolute Gasteiger partial charge is 0.167 e. The summed E-state index contributed by atoms with van der Waals surface area (Å²) in [6.07, 6.45) is 3.75. The van der Waals surface area contributed by atoms with E-state index in [1.807, 2.05) is 16.4 Å². The molecule has 0 bridgehead atoms. The molecule has 2 rings (SSSR count). The summed E-state index contributed by atoms with van der Waals surface area (Å²) in [5.41, 5.74) is 0. The predicted molar refractivity (Wildman–Crippen MR) is 70.0 cm³/mol. The van der Waals surface area contributed by atoms with E-state index >= 15 is 0 Å². The van der Waals surface area contributed by atoms with Crippen molar-refractivity contribution in [2.45, 2.75) is 50.9 Å². The van der Waals surface area contributed by atoms with E-state index in [4.69, 9.17) is 0 Å². The molecule has 6 heteroatoms. The molecule has 0 radical (unpaired) electrons. The topological polar surface area (TPSA) is 55.6 Å². The van der Waals surface area contributed by atoms with Crippen LogP contribution >= 0.6 is 11.8 Å². The van der Waals surface area contributed by atoms with Gasteiger partial charge in [-0.25, -0.2) is 4.68 Å². The highest BCUT2D eigenvalue weighted by Crippen LogP contribution is 2.27. The normalized spacial score (nSPS) is 21.9. The lowest BCUT2D eigenvalue weighted by Crippen LogP contribution is -2.24. The standard InChI is InChI=1S/C11H21N5S/c1-3-6-12-9(2)11-13-14-15-16(11)8-10-5-4-7-17-10/h9-10,12H,3-8H2,1-2H3. The molecule has 17 heavy (non-hydrogen) atoms. The summed E-state index contributed by atoms with van der Waals surface area (Å²) in [6, 6.07) is 0.233. The van der Waals surface area contributed by atoms with Crippen LogP contribution in [0.25, 0.3) is 0 Å². The van der Waals surface area contributed by atoms with Crippen LogP contribution < -0.4 is 5.32 Å². The van der Waals surface area contributed by atoms with Crippen LogP contribution in [-0.2, 0) is 6.54 Å². The van der Waals surface area contributed by atoms with Crippen molar-refractivity contribution in [2.75, 3.05) is 12.3 Å². The minimum absolute atomic E-state index is 0.233. The fraction of sp³-hybridized carbons (Fsp3) is 0.909. The molecule has 0 aromatic carbocycles. The molecule has 0 spiro atoms. The Morgan fingerprint density at radius 3 is 3.18 bits per heavy atom. The van der Waals surface area contributed by atoms with Gasteiger partial charge in [0.2, 0.25) is 0 Å². The Morgan fingerprint density at radius 1 is 1.59 bits per heavy atom. The van der Waals surface area contributed by atoms with E-state index in [0.717, 1.165) is 25.3 Å². The summed E-state index contributed by atoms with van der Waals surface area (Å²) < 4.78 is 1.97. The second-order valence-electron chi connectivity index (χ2n) is 4.53. The van der Waals surface area contributed by atoms with Gasteiger partial charge in [0, 0.05) is 5.25 Å². The zero-order chi connectivity index (χ0) is 12.1. The molecule has 2 heterocycles. The van der Waals surface area contributed by atoms with E-state index in [2.05, 4.69) is 34.7 Å². The van der Waals surface area contributed by atoms with Crippen LogP contribution in [0.2, 0.25) is 0 Å². The van der Waals surface area contributed by atoms with Gasteiger partial charge >= 0.3 is 0 Å². The van der Waals surface area contributed by atoms with Gasteiger partial charge in [0.05, 0.1) is 12.6 Å². The predicted octanol–water partition coefficient (Wildman–Crippen LogP) is 1.63. The van der Waals surface area contributed by atoms with Gasteiger partial charge in [-0.05, 0) is 48.9 Å². The van der Waals surface area contributed by atoms with Crippen molar-refractivity contribution in [3.8, 4) is 0 Å². The van der Waals surface area contributed by atoms with Crippen molar-refractivity contribution in [1.29, 1.82) is 0 Å². The molecule has 0 amide bonds. The summed E-state index contributed by atoms with van der Waals surface area (Å²) in [4.78, 5) is 0. The van der Waals surface area contributed by atoms with Crippen LogP contribution in [0.3, 0.4) is 0 Å². The Kier molecular flexibility index (Phi) is 4.79. The maximum atomic E-state index is 4.14. The summed E-state index contributed by atoms with van der Waals surface area (Å²) in [7, 11) is 0. The molecule has 2 unspecified atom stereocenters. The molecule has 1 aromatic heterocycles. The Labute approximate surface area is 107 Å². The third-order valence-corrected chi connectivity index (χ3v) is 4.43. The largest absolute Gasteiger partial charge is 0.307 e. The molecule has 96 valence electrons. The van der Waals surface area contributed by atoms with Crippen LogP contribution in [-0.4, -0.2) is 37.8 Å². The van der Waals surface area contributed by atoms with Crippen molar-refractivity contribution < 1.29 is 0 Å². The first-order valence-electron chi connectivity index (χ1n) is 6.42. The monoisotopic (exact) mass is 255 g/mol. The van der Waals surface area contributed by atoms with Gasteiger partial charge in [-0.1, -0.05) is 6.92 Å². The van der Waals surface area contributed by atoms with E-state index in [1.165, 1.54) is 18.6 Å². The first-order chi connectivity index (χ1) is 8.31. The summed E-state index contributed by atoms with van der Waals surface area (Å²) in [5.74, 6) is 2.25.